The molecule has 0 fully saturated rings. The zero-order chi connectivity index (χ0) is 22.2. The van der Waals surface area contributed by atoms with Gasteiger partial charge in [-0.25, -0.2) is 14.4 Å². The summed E-state index contributed by atoms with van der Waals surface area (Å²) in [5, 5.41) is 11.0. The average molecular weight is 533 g/mol. The molecular formula is C25H16IN3O3. The van der Waals surface area contributed by atoms with Crippen molar-refractivity contribution in [3.8, 4) is 11.6 Å². The summed E-state index contributed by atoms with van der Waals surface area (Å²) in [5.41, 5.74) is 2.95. The van der Waals surface area contributed by atoms with E-state index in [2.05, 4.69) is 27.6 Å². The molecule has 1 aromatic heterocycles. The molecule has 0 saturated carbocycles. The Kier molecular flexibility index (Phi) is 5.10. The molecule has 3 aromatic carbocycles. The first kappa shape index (κ1) is 20.2. The van der Waals surface area contributed by atoms with E-state index in [0.717, 1.165) is 25.0 Å². The van der Waals surface area contributed by atoms with E-state index in [1.807, 2.05) is 66.7 Å². The Labute approximate surface area is 196 Å². The second-order valence-electron chi connectivity index (χ2n) is 7.21. The molecule has 0 unspecified atom stereocenters. The van der Waals surface area contributed by atoms with Gasteiger partial charge in [0.2, 0.25) is 5.88 Å². The molecule has 1 aliphatic heterocycles. The van der Waals surface area contributed by atoms with Crippen LogP contribution in [0.25, 0.3) is 17.3 Å². The Morgan fingerprint density at radius 1 is 0.906 bits per heavy atom. The van der Waals surface area contributed by atoms with Crippen molar-refractivity contribution in [1.29, 1.82) is 0 Å². The second kappa shape index (κ2) is 8.08. The van der Waals surface area contributed by atoms with Crippen LogP contribution in [0.1, 0.15) is 16.7 Å². The fourth-order valence-electron chi connectivity index (χ4n) is 3.71. The third-order valence-electron chi connectivity index (χ3n) is 5.22. The van der Waals surface area contributed by atoms with Crippen LogP contribution in [0.15, 0.2) is 93.4 Å². The highest BCUT2D eigenvalue weighted by Crippen LogP contribution is 2.38. The number of aromatic nitrogens is 2. The van der Waals surface area contributed by atoms with Gasteiger partial charge in [0.15, 0.2) is 0 Å². The van der Waals surface area contributed by atoms with Crippen LogP contribution in [-0.4, -0.2) is 20.4 Å². The number of aliphatic imine (C=N–C) groups is 1. The summed E-state index contributed by atoms with van der Waals surface area (Å²) in [4.78, 5) is 32.3. The van der Waals surface area contributed by atoms with Crippen LogP contribution in [0.2, 0.25) is 0 Å². The average Bonchev–Trinajstić information content (AvgIpc) is 3.17. The van der Waals surface area contributed by atoms with Gasteiger partial charge in [0, 0.05) is 20.3 Å². The number of allylic oxidation sites excluding steroid dienone is 1. The Morgan fingerprint density at radius 3 is 2.34 bits per heavy atom. The molecule has 1 aliphatic rings. The van der Waals surface area contributed by atoms with Gasteiger partial charge in [-0.15, -0.1) is 0 Å². The molecule has 6 nitrogen and oxygen atoms in total. The molecular weight excluding hydrogens is 517 g/mol. The minimum Gasteiger partial charge on any atom is -0.494 e. The van der Waals surface area contributed by atoms with Gasteiger partial charge in [0.05, 0.1) is 17.1 Å². The molecule has 2 N–H and O–H groups in total. The summed E-state index contributed by atoms with van der Waals surface area (Å²) >= 11 is 2.16. The Morgan fingerprint density at radius 2 is 1.59 bits per heavy atom. The van der Waals surface area contributed by atoms with E-state index in [0.29, 0.717) is 17.0 Å². The predicted octanol–water partition coefficient (Wildman–Crippen LogP) is 4.51. The number of aromatic amines is 1. The zero-order valence-corrected chi connectivity index (χ0v) is 18.8. The van der Waals surface area contributed by atoms with E-state index in [1.165, 1.54) is 0 Å². The Hall–Kier alpha value is -3.72. The van der Waals surface area contributed by atoms with Crippen LogP contribution >= 0.6 is 22.6 Å². The maximum absolute atomic E-state index is 12.7. The largest absolute Gasteiger partial charge is 0.494 e. The number of H-pyrrole nitrogens is 1. The van der Waals surface area contributed by atoms with E-state index < -0.39 is 17.1 Å². The number of hydrogen-bond acceptors (Lipinski definition) is 4. The number of fused-ring (bicyclic) bond motifs is 1. The van der Waals surface area contributed by atoms with E-state index in [-0.39, 0.29) is 5.56 Å². The molecule has 0 aliphatic carbocycles. The van der Waals surface area contributed by atoms with Crippen molar-refractivity contribution < 1.29 is 5.11 Å². The number of hydrogen-bond donors (Lipinski definition) is 2. The molecule has 0 atom stereocenters. The molecule has 32 heavy (non-hydrogen) atoms. The maximum Gasteiger partial charge on any atom is 0.335 e. The van der Waals surface area contributed by atoms with Gasteiger partial charge in [0.1, 0.15) is 5.56 Å². The molecule has 156 valence electrons. The minimum atomic E-state index is -0.709. The fourth-order valence-corrected chi connectivity index (χ4v) is 4.07. The molecule has 0 amide bonds. The number of aromatic hydroxyl groups is 1. The van der Waals surface area contributed by atoms with Gasteiger partial charge in [-0.1, -0.05) is 48.5 Å². The number of rotatable bonds is 3. The molecule has 0 radical (unpaired) electrons. The minimum absolute atomic E-state index is 0.0153. The first-order valence-electron chi connectivity index (χ1n) is 9.83. The second-order valence-corrected chi connectivity index (χ2v) is 8.46. The normalized spacial score (nSPS) is 13.8. The highest BCUT2D eigenvalue weighted by atomic mass is 127. The van der Waals surface area contributed by atoms with Crippen molar-refractivity contribution in [3.63, 3.8) is 0 Å². The number of nitrogens with zero attached hydrogens (tertiary/aromatic N) is 2. The standard InChI is InChI=1S/C25H16IN3O3/c26-16-10-12-17(13-11-16)29-24(31)20(23(30)28-25(29)32)14-19-18-8-4-5-9-21(18)27-22(19)15-6-2-1-3-7-15/h1-14,31H,(H,28,30,32). The van der Waals surface area contributed by atoms with Gasteiger partial charge in [-0.3, -0.25) is 9.78 Å². The lowest BCUT2D eigenvalue weighted by molar-refractivity contribution is 0.429. The van der Waals surface area contributed by atoms with Crippen LogP contribution in [-0.2, 0) is 0 Å². The van der Waals surface area contributed by atoms with Crippen molar-refractivity contribution in [1.82, 2.24) is 9.55 Å². The molecule has 7 heteroatoms. The number of halogens is 1. The monoisotopic (exact) mass is 533 g/mol. The summed E-state index contributed by atoms with van der Waals surface area (Å²) < 4.78 is 2.07. The molecule has 0 spiro atoms. The third-order valence-corrected chi connectivity index (χ3v) is 5.94. The van der Waals surface area contributed by atoms with Crippen molar-refractivity contribution in [2.75, 3.05) is 0 Å². The fraction of sp³-hybridized carbons (Fsp3) is 0. The van der Waals surface area contributed by atoms with E-state index >= 15 is 0 Å². The summed E-state index contributed by atoms with van der Waals surface area (Å²) in [6.45, 7) is 0. The van der Waals surface area contributed by atoms with Crippen molar-refractivity contribution in [2.45, 2.75) is 0 Å². The van der Waals surface area contributed by atoms with Gasteiger partial charge in [-0.05, 0) is 59.0 Å². The van der Waals surface area contributed by atoms with Gasteiger partial charge < -0.3 is 5.11 Å². The maximum atomic E-state index is 12.7. The predicted molar refractivity (Wildman–Crippen MR) is 134 cm³/mol. The van der Waals surface area contributed by atoms with Crippen LogP contribution in [0, 0.1) is 3.57 Å². The number of nitrogens with one attached hydrogen (secondary N) is 1. The molecule has 5 rings (SSSR count). The quantitative estimate of drug-likeness (QED) is 0.380. The van der Waals surface area contributed by atoms with E-state index in [9.17, 15) is 14.7 Å². The highest BCUT2D eigenvalue weighted by Gasteiger charge is 2.24. The lowest BCUT2D eigenvalue weighted by Gasteiger charge is -2.11. The van der Waals surface area contributed by atoms with Gasteiger partial charge >= 0.3 is 5.69 Å². The summed E-state index contributed by atoms with van der Waals surface area (Å²) in [6.07, 6.45) is 1.59. The third kappa shape index (κ3) is 3.50. The Bertz CT molecular complexity index is 1520. The first-order valence-corrected chi connectivity index (χ1v) is 10.9. The SMILES string of the molecule is O=c1[nH]c(=O)n(-c2ccc(I)cc2)c(O)c1C=C1C(c2ccccc2)=Nc2ccccc21. The molecule has 2 heterocycles. The first-order chi connectivity index (χ1) is 15.5. The van der Waals surface area contributed by atoms with Gasteiger partial charge in [0.25, 0.3) is 5.56 Å². The Balaban J connectivity index is 1.74. The van der Waals surface area contributed by atoms with Crippen LogP contribution in [0.5, 0.6) is 5.88 Å². The van der Waals surface area contributed by atoms with Crippen molar-refractivity contribution in [3.05, 3.63) is 120 Å². The van der Waals surface area contributed by atoms with Crippen molar-refractivity contribution in [2.24, 2.45) is 4.99 Å². The van der Waals surface area contributed by atoms with Crippen LogP contribution in [0.4, 0.5) is 5.69 Å². The molecule has 0 bridgehead atoms. The topological polar surface area (TPSA) is 87.5 Å². The summed E-state index contributed by atoms with van der Waals surface area (Å²) in [5.74, 6) is -0.427. The van der Waals surface area contributed by atoms with Crippen LogP contribution < -0.4 is 11.2 Å². The van der Waals surface area contributed by atoms with Crippen molar-refractivity contribution >= 4 is 45.6 Å². The van der Waals surface area contributed by atoms with Gasteiger partial charge in [-0.2, -0.15) is 0 Å². The molecule has 4 aromatic rings. The van der Waals surface area contributed by atoms with Crippen LogP contribution in [0.3, 0.4) is 0 Å². The lowest BCUT2D eigenvalue weighted by Crippen LogP contribution is -2.30. The number of benzene rings is 3. The summed E-state index contributed by atoms with van der Waals surface area (Å²) in [7, 11) is 0. The van der Waals surface area contributed by atoms with E-state index in [4.69, 9.17) is 4.99 Å². The molecule has 0 saturated heterocycles. The smallest absolute Gasteiger partial charge is 0.335 e. The zero-order valence-electron chi connectivity index (χ0n) is 16.6. The summed E-state index contributed by atoms with van der Waals surface area (Å²) in [6, 6.07) is 24.3. The lowest BCUT2D eigenvalue weighted by atomic mass is 9.96. The number of para-hydroxylation sites is 1. The van der Waals surface area contributed by atoms with E-state index in [1.54, 1.807) is 18.2 Å². The highest BCUT2D eigenvalue weighted by molar-refractivity contribution is 14.1.